The summed E-state index contributed by atoms with van der Waals surface area (Å²) in [4.78, 5) is 0. The minimum Gasteiger partial charge on any atom is -0.197 e. The minimum absolute atomic E-state index is 0.171. The zero-order chi connectivity index (χ0) is 11.7. The van der Waals surface area contributed by atoms with Crippen molar-refractivity contribution in [1.82, 2.24) is 0 Å². The third-order valence-corrected chi connectivity index (χ3v) is 3.51. The maximum Gasteiger partial charge on any atom is 0.0823 e. The monoisotopic (exact) mass is 219 g/mol. The summed E-state index contributed by atoms with van der Waals surface area (Å²) in [5, 5.41) is 9.15. The van der Waals surface area contributed by atoms with Crippen molar-refractivity contribution < 1.29 is 0 Å². The van der Waals surface area contributed by atoms with Crippen LogP contribution in [-0.2, 0) is 5.41 Å². The van der Waals surface area contributed by atoms with Crippen molar-refractivity contribution in [1.29, 1.82) is 5.26 Å². The Hall–Kier alpha value is -2.07. The number of rotatable bonds is 2. The molecule has 0 N–H and O–H groups in total. The van der Waals surface area contributed by atoms with Crippen LogP contribution in [0, 0.1) is 11.3 Å². The number of nitrogens with zero attached hydrogens (tertiary/aromatic N) is 1. The molecule has 0 amide bonds. The molecule has 0 heterocycles. The Bertz CT molecular complexity index is 557. The van der Waals surface area contributed by atoms with Crippen LogP contribution >= 0.6 is 0 Å². The Kier molecular flexibility index (Phi) is 2.23. The smallest absolute Gasteiger partial charge is 0.0823 e. The molecule has 2 aromatic rings. The lowest BCUT2D eigenvalue weighted by Crippen LogP contribution is -2.01. The highest BCUT2D eigenvalue weighted by Crippen LogP contribution is 2.47. The summed E-state index contributed by atoms with van der Waals surface area (Å²) in [7, 11) is 0. The number of benzene rings is 2. The molecule has 2 aromatic carbocycles. The molecule has 0 aromatic heterocycles. The largest absolute Gasteiger partial charge is 0.197 e. The van der Waals surface area contributed by atoms with E-state index in [0.717, 1.165) is 12.8 Å². The van der Waals surface area contributed by atoms with Gasteiger partial charge in [-0.25, -0.2) is 0 Å². The summed E-state index contributed by atoms with van der Waals surface area (Å²) < 4.78 is 0. The molecule has 1 nitrogen and oxygen atoms in total. The fourth-order valence-electron chi connectivity index (χ4n) is 2.20. The molecule has 1 aliphatic rings. The van der Waals surface area contributed by atoms with Crippen LogP contribution in [0.5, 0.6) is 0 Å². The van der Waals surface area contributed by atoms with Crippen LogP contribution in [0.1, 0.15) is 18.4 Å². The number of hydrogen-bond donors (Lipinski definition) is 0. The summed E-state index contributed by atoms with van der Waals surface area (Å²) in [6.45, 7) is 0. The van der Waals surface area contributed by atoms with Gasteiger partial charge in [0.15, 0.2) is 0 Å². The first-order chi connectivity index (χ1) is 8.34. The van der Waals surface area contributed by atoms with E-state index in [1.54, 1.807) is 0 Å². The van der Waals surface area contributed by atoms with E-state index in [0.29, 0.717) is 0 Å². The highest BCUT2D eigenvalue weighted by Gasteiger charge is 2.44. The van der Waals surface area contributed by atoms with Gasteiger partial charge in [0.05, 0.1) is 11.5 Å². The van der Waals surface area contributed by atoms with Crippen LogP contribution in [-0.4, -0.2) is 0 Å². The van der Waals surface area contributed by atoms with Gasteiger partial charge in [-0.1, -0.05) is 54.6 Å². The predicted molar refractivity (Wildman–Crippen MR) is 68.4 cm³/mol. The molecule has 1 saturated carbocycles. The Morgan fingerprint density at radius 3 is 1.94 bits per heavy atom. The van der Waals surface area contributed by atoms with Crippen molar-refractivity contribution in [3.05, 3.63) is 60.2 Å². The first-order valence-corrected chi connectivity index (χ1v) is 5.91. The van der Waals surface area contributed by atoms with Crippen molar-refractivity contribution in [3.63, 3.8) is 0 Å². The Balaban J connectivity index is 1.94. The molecule has 3 rings (SSSR count). The van der Waals surface area contributed by atoms with E-state index >= 15 is 0 Å². The van der Waals surface area contributed by atoms with Crippen molar-refractivity contribution in [2.45, 2.75) is 18.3 Å². The van der Waals surface area contributed by atoms with Gasteiger partial charge in [0.25, 0.3) is 0 Å². The maximum atomic E-state index is 9.15. The second-order valence-electron chi connectivity index (χ2n) is 4.64. The quantitative estimate of drug-likeness (QED) is 0.751. The van der Waals surface area contributed by atoms with E-state index in [4.69, 9.17) is 5.26 Å². The molecule has 0 bridgehead atoms. The standard InChI is InChI=1S/C16H13N/c17-12-16(10-11-16)15-8-6-14(7-9-15)13-4-2-1-3-5-13/h1-9H,10-11H2. The molecule has 1 aliphatic carbocycles. The minimum atomic E-state index is -0.171. The van der Waals surface area contributed by atoms with Crippen LogP contribution < -0.4 is 0 Å². The lowest BCUT2D eigenvalue weighted by Gasteiger charge is -2.07. The molecule has 17 heavy (non-hydrogen) atoms. The summed E-state index contributed by atoms with van der Waals surface area (Å²) in [6, 6.07) is 21.2. The number of hydrogen-bond acceptors (Lipinski definition) is 1. The number of nitriles is 1. The van der Waals surface area contributed by atoms with Crippen LogP contribution in [0.15, 0.2) is 54.6 Å². The van der Waals surface area contributed by atoms with Gasteiger partial charge in [-0.05, 0) is 29.5 Å². The molecule has 82 valence electrons. The summed E-state index contributed by atoms with van der Waals surface area (Å²) in [6.07, 6.45) is 2.02. The van der Waals surface area contributed by atoms with E-state index < -0.39 is 0 Å². The van der Waals surface area contributed by atoms with Crippen LogP contribution in [0.4, 0.5) is 0 Å². The van der Waals surface area contributed by atoms with Crippen molar-refractivity contribution in [2.75, 3.05) is 0 Å². The average molecular weight is 219 g/mol. The van der Waals surface area contributed by atoms with E-state index in [1.165, 1.54) is 16.7 Å². The Labute approximate surface area is 101 Å². The van der Waals surface area contributed by atoms with E-state index in [9.17, 15) is 0 Å². The zero-order valence-electron chi connectivity index (χ0n) is 9.56. The average Bonchev–Trinajstić information content (AvgIpc) is 3.21. The van der Waals surface area contributed by atoms with Crippen molar-refractivity contribution in [3.8, 4) is 17.2 Å². The van der Waals surface area contributed by atoms with E-state index in [-0.39, 0.29) is 5.41 Å². The van der Waals surface area contributed by atoms with E-state index in [2.05, 4.69) is 42.5 Å². The van der Waals surface area contributed by atoms with Crippen LogP contribution in [0.25, 0.3) is 11.1 Å². The molecule has 0 aliphatic heterocycles. The molecule has 0 unspecified atom stereocenters. The molecule has 1 fully saturated rings. The lowest BCUT2D eigenvalue weighted by atomic mass is 9.95. The molecule has 0 atom stereocenters. The van der Waals surface area contributed by atoms with Gasteiger partial charge in [-0.3, -0.25) is 0 Å². The third-order valence-electron chi connectivity index (χ3n) is 3.51. The fraction of sp³-hybridized carbons (Fsp3) is 0.188. The zero-order valence-corrected chi connectivity index (χ0v) is 9.56. The topological polar surface area (TPSA) is 23.8 Å². The summed E-state index contributed by atoms with van der Waals surface area (Å²) in [5.41, 5.74) is 3.43. The Morgan fingerprint density at radius 2 is 1.41 bits per heavy atom. The molecule has 0 spiro atoms. The second-order valence-corrected chi connectivity index (χ2v) is 4.64. The summed E-state index contributed by atoms with van der Waals surface area (Å²) in [5.74, 6) is 0. The van der Waals surface area contributed by atoms with Gasteiger partial charge in [0.1, 0.15) is 0 Å². The normalized spacial score (nSPS) is 16.2. The maximum absolute atomic E-state index is 9.15. The molecule has 0 saturated heterocycles. The third kappa shape index (κ3) is 1.72. The molecule has 0 radical (unpaired) electrons. The molecular formula is C16H13N. The highest BCUT2D eigenvalue weighted by molar-refractivity contribution is 5.64. The van der Waals surface area contributed by atoms with Crippen molar-refractivity contribution in [2.24, 2.45) is 0 Å². The van der Waals surface area contributed by atoms with E-state index in [1.807, 2.05) is 18.2 Å². The van der Waals surface area contributed by atoms with Gasteiger partial charge < -0.3 is 0 Å². The highest BCUT2D eigenvalue weighted by atomic mass is 14.5. The van der Waals surface area contributed by atoms with Crippen LogP contribution in [0.3, 0.4) is 0 Å². The Morgan fingerprint density at radius 1 is 0.824 bits per heavy atom. The van der Waals surface area contributed by atoms with Crippen LogP contribution in [0.2, 0.25) is 0 Å². The molecule has 1 heteroatoms. The first-order valence-electron chi connectivity index (χ1n) is 5.91. The lowest BCUT2D eigenvalue weighted by molar-refractivity contribution is 0.909. The van der Waals surface area contributed by atoms with Crippen molar-refractivity contribution >= 4 is 0 Å². The van der Waals surface area contributed by atoms with Gasteiger partial charge >= 0.3 is 0 Å². The molecular weight excluding hydrogens is 206 g/mol. The summed E-state index contributed by atoms with van der Waals surface area (Å²) >= 11 is 0. The van der Waals surface area contributed by atoms with Gasteiger partial charge in [0.2, 0.25) is 0 Å². The second kappa shape index (κ2) is 3.75. The fourth-order valence-corrected chi connectivity index (χ4v) is 2.20. The van der Waals surface area contributed by atoms with Gasteiger partial charge in [-0.15, -0.1) is 0 Å². The predicted octanol–water partition coefficient (Wildman–Crippen LogP) is 3.91. The van der Waals surface area contributed by atoms with Gasteiger partial charge in [-0.2, -0.15) is 5.26 Å². The van der Waals surface area contributed by atoms with Gasteiger partial charge in [0, 0.05) is 0 Å². The first kappa shape index (κ1) is 10.1. The SMILES string of the molecule is N#CC1(c2ccc(-c3ccccc3)cc2)CC1.